The lowest BCUT2D eigenvalue weighted by Gasteiger charge is -2.32. The minimum Gasteiger partial charge on any atom is -0.330 e. The van der Waals surface area contributed by atoms with E-state index in [1.54, 1.807) is 0 Å². The van der Waals surface area contributed by atoms with Gasteiger partial charge in [0.25, 0.3) is 0 Å². The quantitative estimate of drug-likeness (QED) is 0.868. The molecule has 0 aromatic carbocycles. The lowest BCUT2D eigenvalue weighted by molar-refractivity contribution is 0.163. The maximum atomic E-state index is 6.28. The second-order valence-electron chi connectivity index (χ2n) is 5.34. The number of aryl methyl sites for hydroxylation is 1. The van der Waals surface area contributed by atoms with E-state index in [1.165, 1.54) is 12.8 Å². The van der Waals surface area contributed by atoms with Gasteiger partial charge >= 0.3 is 0 Å². The molecule has 0 radical (unpaired) electrons. The zero-order valence-electron chi connectivity index (χ0n) is 11.3. The summed E-state index contributed by atoms with van der Waals surface area (Å²) >= 11 is 12.5. The first-order valence-electron chi connectivity index (χ1n) is 6.84. The number of halogens is 2. The van der Waals surface area contributed by atoms with Crippen LogP contribution < -0.4 is 5.73 Å². The Bertz CT molecular complexity index is 412. The molecule has 2 N–H and O–H groups in total. The second kappa shape index (κ2) is 6.89. The van der Waals surface area contributed by atoms with E-state index in [0.29, 0.717) is 11.1 Å². The Morgan fingerprint density at radius 3 is 2.95 bits per heavy atom. The predicted octanol–water partition coefficient (Wildman–Crippen LogP) is 3.26. The summed E-state index contributed by atoms with van der Waals surface area (Å²) in [6, 6.07) is 1.88. The van der Waals surface area contributed by atoms with Crippen LogP contribution in [0.5, 0.6) is 0 Å². The average molecular weight is 302 g/mol. The van der Waals surface area contributed by atoms with Crippen LogP contribution in [0, 0.1) is 12.8 Å². The molecule has 0 aliphatic carbocycles. The van der Waals surface area contributed by atoms with Crippen LogP contribution in [-0.2, 0) is 6.54 Å². The third-order valence-corrected chi connectivity index (χ3v) is 4.36. The van der Waals surface area contributed by atoms with E-state index in [1.807, 2.05) is 13.0 Å². The molecular formula is C14H21Cl2N3. The van der Waals surface area contributed by atoms with Crippen LogP contribution in [0.3, 0.4) is 0 Å². The van der Waals surface area contributed by atoms with E-state index < -0.39 is 0 Å². The summed E-state index contributed by atoms with van der Waals surface area (Å²) in [6.07, 6.45) is 3.60. The predicted molar refractivity (Wildman–Crippen MR) is 80.7 cm³/mol. The van der Waals surface area contributed by atoms with Crippen LogP contribution in [0.15, 0.2) is 6.07 Å². The van der Waals surface area contributed by atoms with Gasteiger partial charge in [0.1, 0.15) is 5.15 Å². The molecule has 0 bridgehead atoms. The number of aromatic nitrogens is 1. The molecule has 1 unspecified atom stereocenters. The van der Waals surface area contributed by atoms with E-state index in [-0.39, 0.29) is 0 Å². The Balaban J connectivity index is 2.04. The topological polar surface area (TPSA) is 42.1 Å². The molecule has 0 spiro atoms. The first-order valence-corrected chi connectivity index (χ1v) is 7.59. The van der Waals surface area contributed by atoms with Crippen molar-refractivity contribution < 1.29 is 0 Å². The molecule has 1 saturated heterocycles. The molecule has 0 amide bonds. The van der Waals surface area contributed by atoms with Crippen molar-refractivity contribution in [2.24, 2.45) is 11.7 Å². The molecule has 1 aromatic rings. The van der Waals surface area contributed by atoms with Crippen molar-refractivity contribution in [3.8, 4) is 0 Å². The molecule has 1 aliphatic rings. The number of rotatable bonds is 4. The molecule has 2 heterocycles. The van der Waals surface area contributed by atoms with Crippen molar-refractivity contribution in [3.63, 3.8) is 0 Å². The van der Waals surface area contributed by atoms with Gasteiger partial charge in [-0.15, -0.1) is 0 Å². The van der Waals surface area contributed by atoms with Crippen LogP contribution in [0.2, 0.25) is 10.2 Å². The molecule has 0 saturated carbocycles. The van der Waals surface area contributed by atoms with E-state index >= 15 is 0 Å². The van der Waals surface area contributed by atoms with Crippen molar-refractivity contribution in [2.75, 3.05) is 19.6 Å². The lowest BCUT2D eigenvalue weighted by Crippen LogP contribution is -2.35. The zero-order chi connectivity index (χ0) is 13.8. The fraction of sp³-hybridized carbons (Fsp3) is 0.643. The first kappa shape index (κ1) is 15.0. The standard InChI is InChI=1S/C14H21Cl2N3/c1-10-7-13(15)12(14(16)18-10)9-19-6-2-3-11(8-19)4-5-17/h7,11H,2-6,8-9,17H2,1H3. The Labute approximate surface area is 125 Å². The fourth-order valence-electron chi connectivity index (χ4n) is 2.75. The number of nitrogens with two attached hydrogens (primary N) is 1. The Kier molecular flexibility index (Phi) is 5.46. The third-order valence-electron chi connectivity index (χ3n) is 3.71. The summed E-state index contributed by atoms with van der Waals surface area (Å²) in [4.78, 5) is 6.70. The van der Waals surface area contributed by atoms with Gasteiger partial charge in [-0.2, -0.15) is 0 Å². The summed E-state index contributed by atoms with van der Waals surface area (Å²) in [6.45, 7) is 5.64. The average Bonchev–Trinajstić information content (AvgIpc) is 2.35. The van der Waals surface area contributed by atoms with Crippen molar-refractivity contribution in [1.29, 1.82) is 0 Å². The summed E-state index contributed by atoms with van der Waals surface area (Å²) in [5.74, 6) is 0.703. The van der Waals surface area contributed by atoms with Gasteiger partial charge < -0.3 is 5.73 Å². The number of likely N-dealkylation sites (tertiary alicyclic amines) is 1. The summed E-state index contributed by atoms with van der Waals surface area (Å²) in [7, 11) is 0. The summed E-state index contributed by atoms with van der Waals surface area (Å²) in [5, 5.41) is 1.25. The zero-order valence-corrected chi connectivity index (χ0v) is 12.8. The molecule has 1 atom stereocenters. The van der Waals surface area contributed by atoms with Crippen LogP contribution >= 0.6 is 23.2 Å². The Morgan fingerprint density at radius 1 is 1.47 bits per heavy atom. The van der Waals surface area contributed by atoms with Gasteiger partial charge in [0.05, 0.1) is 0 Å². The van der Waals surface area contributed by atoms with Crippen LogP contribution in [0.1, 0.15) is 30.5 Å². The van der Waals surface area contributed by atoms with Gasteiger partial charge in [-0.25, -0.2) is 4.98 Å². The SMILES string of the molecule is Cc1cc(Cl)c(CN2CCCC(CCN)C2)c(Cl)n1. The number of piperidine rings is 1. The highest BCUT2D eigenvalue weighted by atomic mass is 35.5. The molecule has 1 aromatic heterocycles. The molecule has 19 heavy (non-hydrogen) atoms. The number of hydrogen-bond acceptors (Lipinski definition) is 3. The van der Waals surface area contributed by atoms with Gasteiger partial charge in [0.15, 0.2) is 0 Å². The van der Waals surface area contributed by atoms with Gasteiger partial charge in [-0.1, -0.05) is 23.2 Å². The Morgan fingerprint density at radius 2 is 2.26 bits per heavy atom. The molecule has 1 aliphatic heterocycles. The summed E-state index contributed by atoms with van der Waals surface area (Å²) < 4.78 is 0. The van der Waals surface area contributed by atoms with Crippen LogP contribution in [-0.4, -0.2) is 29.5 Å². The van der Waals surface area contributed by atoms with E-state index in [4.69, 9.17) is 28.9 Å². The van der Waals surface area contributed by atoms with Crippen molar-refractivity contribution in [2.45, 2.75) is 32.7 Å². The van der Waals surface area contributed by atoms with E-state index in [2.05, 4.69) is 9.88 Å². The molecule has 5 heteroatoms. The molecule has 1 fully saturated rings. The lowest BCUT2D eigenvalue weighted by atomic mass is 9.94. The highest BCUT2D eigenvalue weighted by molar-refractivity contribution is 6.35. The molecule has 2 rings (SSSR count). The number of pyridine rings is 1. The Hall–Kier alpha value is -0.350. The second-order valence-corrected chi connectivity index (χ2v) is 6.10. The van der Waals surface area contributed by atoms with Crippen molar-refractivity contribution in [1.82, 2.24) is 9.88 Å². The first-order chi connectivity index (χ1) is 9.10. The maximum Gasteiger partial charge on any atom is 0.135 e. The number of nitrogens with zero attached hydrogens (tertiary/aromatic N) is 2. The van der Waals surface area contributed by atoms with Gasteiger partial charge in [0.2, 0.25) is 0 Å². The van der Waals surface area contributed by atoms with E-state index in [0.717, 1.165) is 48.9 Å². The largest absolute Gasteiger partial charge is 0.330 e. The van der Waals surface area contributed by atoms with Crippen molar-refractivity contribution in [3.05, 3.63) is 27.5 Å². The van der Waals surface area contributed by atoms with Gasteiger partial charge in [-0.3, -0.25) is 4.90 Å². The maximum absolute atomic E-state index is 6.28. The minimum atomic E-state index is 0.533. The number of hydrogen-bond donors (Lipinski definition) is 1. The monoisotopic (exact) mass is 301 g/mol. The van der Waals surface area contributed by atoms with Gasteiger partial charge in [-0.05, 0) is 51.3 Å². The van der Waals surface area contributed by atoms with Crippen LogP contribution in [0.25, 0.3) is 0 Å². The highest BCUT2D eigenvalue weighted by Gasteiger charge is 2.21. The third kappa shape index (κ3) is 4.06. The molecule has 3 nitrogen and oxygen atoms in total. The van der Waals surface area contributed by atoms with Crippen molar-refractivity contribution >= 4 is 23.2 Å². The normalized spacial score (nSPS) is 20.7. The van der Waals surface area contributed by atoms with Gasteiger partial charge in [0, 0.05) is 29.4 Å². The summed E-state index contributed by atoms with van der Waals surface area (Å²) in [5.41, 5.74) is 7.46. The smallest absolute Gasteiger partial charge is 0.135 e. The van der Waals surface area contributed by atoms with E-state index in [9.17, 15) is 0 Å². The molecule has 106 valence electrons. The minimum absolute atomic E-state index is 0.533. The molecular weight excluding hydrogens is 281 g/mol. The van der Waals surface area contributed by atoms with Crippen LogP contribution in [0.4, 0.5) is 0 Å². The fourth-order valence-corrected chi connectivity index (χ4v) is 3.40. The highest BCUT2D eigenvalue weighted by Crippen LogP contribution is 2.27.